The maximum atomic E-state index is 6.06. The molecule has 3 nitrogen and oxygen atoms in total. The molecule has 5 heteroatoms. The second-order valence-electron chi connectivity index (χ2n) is 4.31. The summed E-state index contributed by atoms with van der Waals surface area (Å²) in [5.74, 6) is 0.525. The predicted octanol–water partition coefficient (Wildman–Crippen LogP) is 2.74. The van der Waals surface area contributed by atoms with Crippen LogP contribution in [0.1, 0.15) is 25.5 Å². The summed E-state index contributed by atoms with van der Waals surface area (Å²) >= 11 is 12.0. The minimum Gasteiger partial charge on any atom is -0.495 e. The summed E-state index contributed by atoms with van der Waals surface area (Å²) in [6.45, 7) is 3.68. The fraction of sp³-hybridized carbons (Fsp3) is 0.455. The molecule has 90 valence electrons. The predicted molar refractivity (Wildman–Crippen MR) is 68.2 cm³/mol. The zero-order valence-electron chi connectivity index (χ0n) is 9.55. The zero-order chi connectivity index (χ0) is 12.5. The summed E-state index contributed by atoms with van der Waals surface area (Å²) in [6.07, 6.45) is 0. The summed E-state index contributed by atoms with van der Waals surface area (Å²) in [6, 6.07) is 2.94. The highest BCUT2D eigenvalue weighted by molar-refractivity contribution is 6.35. The quantitative estimate of drug-likeness (QED) is 0.881. The third-order valence-electron chi connectivity index (χ3n) is 2.38. The maximum Gasteiger partial charge on any atom is 0.142 e. The minimum atomic E-state index is -0.582. The van der Waals surface area contributed by atoms with Crippen molar-refractivity contribution >= 4 is 23.2 Å². The lowest BCUT2D eigenvalue weighted by Gasteiger charge is -2.28. The van der Waals surface area contributed by atoms with Crippen molar-refractivity contribution < 1.29 is 4.74 Å². The van der Waals surface area contributed by atoms with E-state index in [0.29, 0.717) is 21.4 Å². The van der Waals surface area contributed by atoms with Gasteiger partial charge in [-0.15, -0.1) is 0 Å². The summed E-state index contributed by atoms with van der Waals surface area (Å²) < 4.78 is 5.22. The smallest absolute Gasteiger partial charge is 0.142 e. The van der Waals surface area contributed by atoms with E-state index in [1.807, 2.05) is 13.8 Å². The van der Waals surface area contributed by atoms with Crippen molar-refractivity contribution in [1.82, 2.24) is 0 Å². The molecule has 0 heterocycles. The van der Waals surface area contributed by atoms with Gasteiger partial charge in [0.1, 0.15) is 5.75 Å². The number of nitrogens with two attached hydrogens (primary N) is 2. The van der Waals surface area contributed by atoms with Crippen LogP contribution in [-0.2, 0) is 0 Å². The van der Waals surface area contributed by atoms with Gasteiger partial charge in [-0.3, -0.25) is 0 Å². The van der Waals surface area contributed by atoms with Crippen molar-refractivity contribution in [1.29, 1.82) is 0 Å². The standard InChI is InChI=1S/C11H16Cl2N2O/c1-11(2,15)10(14)7-4-6(12)5-8(13)9(7)16-3/h4-5,10H,14-15H2,1-3H3. The third kappa shape index (κ3) is 2.80. The summed E-state index contributed by atoms with van der Waals surface area (Å²) in [5, 5.41) is 0.949. The van der Waals surface area contributed by atoms with E-state index in [2.05, 4.69) is 0 Å². The number of ether oxygens (including phenoxy) is 1. The molecule has 0 radical (unpaired) electrons. The van der Waals surface area contributed by atoms with Gasteiger partial charge >= 0.3 is 0 Å². The van der Waals surface area contributed by atoms with E-state index < -0.39 is 11.6 Å². The molecule has 16 heavy (non-hydrogen) atoms. The van der Waals surface area contributed by atoms with Crippen LogP contribution in [0.15, 0.2) is 12.1 Å². The summed E-state index contributed by atoms with van der Waals surface area (Å²) in [4.78, 5) is 0. The monoisotopic (exact) mass is 262 g/mol. The largest absolute Gasteiger partial charge is 0.495 e. The van der Waals surface area contributed by atoms with Gasteiger partial charge in [0.15, 0.2) is 0 Å². The SMILES string of the molecule is COc1c(Cl)cc(Cl)cc1C(N)C(C)(C)N. The minimum absolute atomic E-state index is 0.404. The molecule has 0 spiro atoms. The van der Waals surface area contributed by atoms with Gasteiger partial charge in [0.2, 0.25) is 0 Å². The lowest BCUT2D eigenvalue weighted by atomic mass is 9.90. The molecule has 1 aromatic rings. The average molecular weight is 263 g/mol. The fourth-order valence-corrected chi connectivity index (χ4v) is 2.01. The van der Waals surface area contributed by atoms with Gasteiger partial charge in [0, 0.05) is 16.1 Å². The number of rotatable bonds is 3. The van der Waals surface area contributed by atoms with E-state index in [1.165, 1.54) is 7.11 Å². The van der Waals surface area contributed by atoms with Gasteiger partial charge in [-0.1, -0.05) is 23.2 Å². The van der Waals surface area contributed by atoms with Gasteiger partial charge in [0.05, 0.1) is 18.2 Å². The first-order chi connectivity index (χ1) is 7.27. The summed E-state index contributed by atoms with van der Waals surface area (Å²) in [5.41, 5.74) is 12.2. The molecule has 1 rings (SSSR count). The van der Waals surface area contributed by atoms with Crippen molar-refractivity contribution in [2.24, 2.45) is 11.5 Å². The van der Waals surface area contributed by atoms with Crippen molar-refractivity contribution in [2.45, 2.75) is 25.4 Å². The summed E-state index contributed by atoms with van der Waals surface area (Å²) in [7, 11) is 1.54. The highest BCUT2D eigenvalue weighted by Gasteiger charge is 2.27. The molecule has 0 aliphatic rings. The number of methoxy groups -OCH3 is 1. The molecular weight excluding hydrogens is 247 g/mol. The molecule has 0 aliphatic carbocycles. The topological polar surface area (TPSA) is 61.3 Å². The molecule has 0 saturated heterocycles. The van der Waals surface area contributed by atoms with Gasteiger partial charge in [-0.25, -0.2) is 0 Å². The fourth-order valence-electron chi connectivity index (χ4n) is 1.43. The number of benzene rings is 1. The van der Waals surface area contributed by atoms with Crippen LogP contribution in [-0.4, -0.2) is 12.6 Å². The van der Waals surface area contributed by atoms with Crippen LogP contribution >= 0.6 is 23.2 Å². The molecule has 1 atom stereocenters. The lowest BCUT2D eigenvalue weighted by molar-refractivity contribution is 0.377. The molecule has 0 saturated carbocycles. The Hall–Kier alpha value is -0.480. The highest BCUT2D eigenvalue weighted by Crippen LogP contribution is 2.37. The van der Waals surface area contributed by atoms with Gasteiger partial charge < -0.3 is 16.2 Å². The second kappa shape index (κ2) is 4.80. The molecule has 0 bridgehead atoms. The third-order valence-corrected chi connectivity index (χ3v) is 2.88. The molecule has 1 unspecified atom stereocenters. The van der Waals surface area contributed by atoms with Gasteiger partial charge in [-0.05, 0) is 26.0 Å². The normalized spacial score (nSPS) is 13.7. The van der Waals surface area contributed by atoms with Crippen LogP contribution in [0.2, 0.25) is 10.0 Å². The Kier molecular flexibility index (Phi) is 4.07. The van der Waals surface area contributed by atoms with Crippen molar-refractivity contribution in [2.75, 3.05) is 7.11 Å². The Bertz CT molecular complexity index is 388. The zero-order valence-corrected chi connectivity index (χ0v) is 11.1. The van der Waals surface area contributed by atoms with E-state index in [4.69, 9.17) is 39.4 Å². The number of hydrogen-bond acceptors (Lipinski definition) is 3. The van der Waals surface area contributed by atoms with Crippen LogP contribution in [0, 0.1) is 0 Å². The molecule has 0 amide bonds. The molecule has 0 aromatic heterocycles. The first kappa shape index (κ1) is 13.6. The maximum absolute atomic E-state index is 6.06. The number of halogens is 2. The van der Waals surface area contributed by atoms with Crippen LogP contribution in [0.5, 0.6) is 5.75 Å². The van der Waals surface area contributed by atoms with Crippen molar-refractivity contribution in [3.05, 3.63) is 27.7 Å². The van der Waals surface area contributed by atoms with Crippen LogP contribution < -0.4 is 16.2 Å². The van der Waals surface area contributed by atoms with E-state index in [9.17, 15) is 0 Å². The number of hydrogen-bond donors (Lipinski definition) is 2. The first-order valence-electron chi connectivity index (χ1n) is 4.84. The Balaban J connectivity index is 3.31. The van der Waals surface area contributed by atoms with E-state index in [1.54, 1.807) is 12.1 Å². The second-order valence-corrected chi connectivity index (χ2v) is 5.15. The van der Waals surface area contributed by atoms with Crippen LogP contribution in [0.3, 0.4) is 0 Å². The Labute approximate surface area is 106 Å². The Morgan fingerprint density at radius 2 is 1.88 bits per heavy atom. The van der Waals surface area contributed by atoms with Gasteiger partial charge in [0.25, 0.3) is 0 Å². The highest BCUT2D eigenvalue weighted by atomic mass is 35.5. The molecule has 4 N–H and O–H groups in total. The van der Waals surface area contributed by atoms with E-state index >= 15 is 0 Å². The first-order valence-corrected chi connectivity index (χ1v) is 5.60. The molecule has 1 aromatic carbocycles. The van der Waals surface area contributed by atoms with Crippen molar-refractivity contribution in [3.8, 4) is 5.75 Å². The molecular formula is C11H16Cl2N2O. The van der Waals surface area contributed by atoms with Gasteiger partial charge in [-0.2, -0.15) is 0 Å². The molecule has 0 fully saturated rings. The van der Waals surface area contributed by atoms with E-state index in [-0.39, 0.29) is 0 Å². The Morgan fingerprint density at radius 3 is 2.31 bits per heavy atom. The van der Waals surface area contributed by atoms with E-state index in [0.717, 1.165) is 0 Å². The average Bonchev–Trinajstić information content (AvgIpc) is 2.14. The molecule has 0 aliphatic heterocycles. The van der Waals surface area contributed by atoms with Crippen molar-refractivity contribution in [3.63, 3.8) is 0 Å². The lowest BCUT2D eigenvalue weighted by Crippen LogP contribution is -2.43. The Morgan fingerprint density at radius 1 is 1.31 bits per heavy atom. The van der Waals surface area contributed by atoms with Crippen LogP contribution in [0.25, 0.3) is 0 Å². The van der Waals surface area contributed by atoms with Crippen LogP contribution in [0.4, 0.5) is 0 Å².